The zero-order valence-corrected chi connectivity index (χ0v) is 16.0. The molecule has 0 unspecified atom stereocenters. The Morgan fingerprint density at radius 2 is 1.70 bits per heavy atom. The standard InChI is InChI=1S/C19H31N2O.BrH/c1-21(14-16-22-17-15-21)13-12-20(18-8-4-2-5-9-18)19-10-6-3-7-11-19;/h2,4-5,8-9,19H,3,6-7,10-17H2,1H3;1H/q+1;/p-1. The van der Waals surface area contributed by atoms with E-state index < -0.39 is 0 Å². The fourth-order valence-corrected chi connectivity index (χ4v) is 3.89. The highest BCUT2D eigenvalue weighted by molar-refractivity contribution is 5.47. The van der Waals surface area contributed by atoms with Gasteiger partial charge in [-0.3, -0.25) is 0 Å². The monoisotopic (exact) mass is 382 g/mol. The molecule has 1 aliphatic heterocycles. The van der Waals surface area contributed by atoms with Gasteiger partial charge >= 0.3 is 0 Å². The number of ether oxygens (including phenoxy) is 1. The molecule has 4 heteroatoms. The van der Waals surface area contributed by atoms with E-state index in [1.165, 1.54) is 50.9 Å². The van der Waals surface area contributed by atoms with E-state index in [0.717, 1.165) is 36.8 Å². The maximum absolute atomic E-state index is 5.54. The van der Waals surface area contributed by atoms with E-state index in [9.17, 15) is 0 Å². The lowest BCUT2D eigenvalue weighted by molar-refractivity contribution is -0.915. The fraction of sp³-hybridized carbons (Fsp3) is 0.684. The van der Waals surface area contributed by atoms with Crippen LogP contribution in [0.25, 0.3) is 0 Å². The first-order valence-electron chi connectivity index (χ1n) is 9.00. The van der Waals surface area contributed by atoms with E-state index in [0.29, 0.717) is 0 Å². The number of benzene rings is 1. The molecule has 2 fully saturated rings. The average Bonchev–Trinajstić information content (AvgIpc) is 2.58. The van der Waals surface area contributed by atoms with E-state index in [4.69, 9.17) is 4.74 Å². The van der Waals surface area contributed by atoms with Gasteiger partial charge in [0.05, 0.1) is 33.4 Å². The highest BCUT2D eigenvalue weighted by Gasteiger charge is 2.28. The lowest BCUT2D eigenvalue weighted by Crippen LogP contribution is -3.00. The number of halogens is 1. The summed E-state index contributed by atoms with van der Waals surface area (Å²) in [4.78, 5) is 2.69. The number of hydrogen-bond acceptors (Lipinski definition) is 2. The van der Waals surface area contributed by atoms with Crippen LogP contribution in [0.5, 0.6) is 0 Å². The molecule has 0 spiro atoms. The van der Waals surface area contributed by atoms with E-state index >= 15 is 0 Å². The Bertz CT molecular complexity index is 442. The Kier molecular flexibility index (Phi) is 7.38. The number of morpholine rings is 1. The maximum Gasteiger partial charge on any atom is 0.102 e. The summed E-state index contributed by atoms with van der Waals surface area (Å²) in [6, 6.07) is 11.8. The maximum atomic E-state index is 5.54. The third-order valence-electron chi connectivity index (χ3n) is 5.53. The van der Waals surface area contributed by atoms with Crippen molar-refractivity contribution in [3.63, 3.8) is 0 Å². The molecule has 0 N–H and O–H groups in total. The predicted molar refractivity (Wildman–Crippen MR) is 92.3 cm³/mol. The molecule has 1 saturated heterocycles. The molecule has 1 heterocycles. The summed E-state index contributed by atoms with van der Waals surface area (Å²) in [6.45, 7) is 6.57. The van der Waals surface area contributed by atoms with Crippen molar-refractivity contribution in [3.8, 4) is 0 Å². The molecular weight excluding hydrogens is 352 g/mol. The smallest absolute Gasteiger partial charge is 0.102 e. The molecule has 1 aliphatic carbocycles. The second-order valence-electron chi connectivity index (χ2n) is 7.22. The molecule has 1 aromatic rings. The second kappa shape index (κ2) is 9.05. The molecule has 0 amide bonds. The average molecular weight is 383 g/mol. The van der Waals surface area contributed by atoms with Crippen molar-refractivity contribution in [2.24, 2.45) is 0 Å². The molecule has 0 radical (unpaired) electrons. The molecule has 3 rings (SSSR count). The van der Waals surface area contributed by atoms with Gasteiger partial charge in [0, 0.05) is 11.7 Å². The van der Waals surface area contributed by atoms with E-state index in [1.54, 1.807) is 0 Å². The van der Waals surface area contributed by atoms with Gasteiger partial charge in [-0.05, 0) is 25.0 Å². The summed E-state index contributed by atoms with van der Waals surface area (Å²) in [5, 5.41) is 0. The van der Waals surface area contributed by atoms with Crippen molar-refractivity contribution in [1.82, 2.24) is 0 Å². The van der Waals surface area contributed by atoms with Crippen molar-refractivity contribution >= 4 is 5.69 Å². The highest BCUT2D eigenvalue weighted by atomic mass is 79.9. The van der Waals surface area contributed by atoms with Gasteiger partial charge in [-0.2, -0.15) is 0 Å². The van der Waals surface area contributed by atoms with Crippen LogP contribution in [-0.2, 0) is 4.74 Å². The third kappa shape index (κ3) is 5.20. The van der Waals surface area contributed by atoms with Crippen LogP contribution in [0, 0.1) is 0 Å². The Morgan fingerprint density at radius 3 is 2.35 bits per heavy atom. The van der Waals surface area contributed by atoms with Crippen molar-refractivity contribution in [2.45, 2.75) is 38.1 Å². The first-order valence-corrected chi connectivity index (χ1v) is 9.00. The Morgan fingerprint density at radius 1 is 1.04 bits per heavy atom. The Balaban J connectivity index is 0.00000192. The van der Waals surface area contributed by atoms with Crippen molar-refractivity contribution in [1.29, 1.82) is 0 Å². The second-order valence-corrected chi connectivity index (χ2v) is 7.22. The third-order valence-corrected chi connectivity index (χ3v) is 5.53. The van der Waals surface area contributed by atoms with Crippen LogP contribution in [0.1, 0.15) is 32.1 Å². The molecule has 3 nitrogen and oxygen atoms in total. The van der Waals surface area contributed by atoms with Crippen LogP contribution >= 0.6 is 0 Å². The van der Waals surface area contributed by atoms with Crippen LogP contribution < -0.4 is 21.9 Å². The first-order chi connectivity index (χ1) is 10.8. The molecular formula is C19H31BrN2O. The van der Waals surface area contributed by atoms with E-state index in [-0.39, 0.29) is 17.0 Å². The summed E-state index contributed by atoms with van der Waals surface area (Å²) in [5.74, 6) is 0. The topological polar surface area (TPSA) is 12.5 Å². The molecule has 130 valence electrons. The van der Waals surface area contributed by atoms with Crippen LogP contribution in [0.2, 0.25) is 0 Å². The van der Waals surface area contributed by atoms with Gasteiger partial charge in [0.15, 0.2) is 0 Å². The lowest BCUT2D eigenvalue weighted by atomic mass is 9.93. The number of para-hydroxylation sites is 1. The Labute approximate surface area is 152 Å². The van der Waals surface area contributed by atoms with Crippen LogP contribution in [0.4, 0.5) is 5.69 Å². The zero-order valence-electron chi connectivity index (χ0n) is 14.4. The molecule has 1 aromatic carbocycles. The number of anilines is 1. The minimum Gasteiger partial charge on any atom is -1.00 e. The number of likely N-dealkylation sites (N-methyl/N-ethyl adjacent to an activating group) is 1. The summed E-state index contributed by atoms with van der Waals surface area (Å²) >= 11 is 0. The normalized spacial score (nSPS) is 21.4. The largest absolute Gasteiger partial charge is 1.00 e. The molecule has 0 atom stereocenters. The van der Waals surface area contributed by atoms with Gasteiger partial charge in [-0.1, -0.05) is 37.5 Å². The van der Waals surface area contributed by atoms with Gasteiger partial charge in [-0.25, -0.2) is 0 Å². The minimum absolute atomic E-state index is 0. The number of hydrogen-bond donors (Lipinski definition) is 0. The van der Waals surface area contributed by atoms with Crippen LogP contribution in [-0.4, -0.2) is 57.0 Å². The predicted octanol–water partition coefficient (Wildman–Crippen LogP) is 0.307. The minimum atomic E-state index is 0. The van der Waals surface area contributed by atoms with Gasteiger partial charge < -0.3 is 31.1 Å². The van der Waals surface area contributed by atoms with E-state index in [2.05, 4.69) is 42.3 Å². The SMILES string of the molecule is C[N+]1(CCN(c2ccccc2)C2CCCCC2)CCOCC1.[Br-]. The first kappa shape index (κ1) is 18.8. The van der Waals surface area contributed by atoms with Crippen LogP contribution in [0.15, 0.2) is 30.3 Å². The summed E-state index contributed by atoms with van der Waals surface area (Å²) in [7, 11) is 2.40. The Hall–Kier alpha value is -0.580. The molecule has 23 heavy (non-hydrogen) atoms. The molecule has 0 bridgehead atoms. The van der Waals surface area contributed by atoms with Gasteiger partial charge in [-0.15, -0.1) is 0 Å². The van der Waals surface area contributed by atoms with Crippen molar-refractivity contribution < 1.29 is 26.2 Å². The summed E-state index contributed by atoms with van der Waals surface area (Å²) in [6.07, 6.45) is 6.94. The molecule has 2 aliphatic rings. The zero-order chi connectivity index (χ0) is 15.3. The van der Waals surface area contributed by atoms with Gasteiger partial charge in [0.1, 0.15) is 13.1 Å². The van der Waals surface area contributed by atoms with Gasteiger partial charge in [0.25, 0.3) is 0 Å². The fourth-order valence-electron chi connectivity index (χ4n) is 3.89. The molecule has 1 saturated carbocycles. The quantitative estimate of drug-likeness (QED) is 0.679. The van der Waals surface area contributed by atoms with Crippen LogP contribution in [0.3, 0.4) is 0 Å². The number of quaternary nitrogens is 1. The van der Waals surface area contributed by atoms with Gasteiger partial charge in [0.2, 0.25) is 0 Å². The number of nitrogens with zero attached hydrogens (tertiary/aromatic N) is 2. The highest BCUT2D eigenvalue weighted by Crippen LogP contribution is 2.27. The van der Waals surface area contributed by atoms with Crippen molar-refractivity contribution in [3.05, 3.63) is 30.3 Å². The van der Waals surface area contributed by atoms with E-state index in [1.807, 2.05) is 0 Å². The molecule has 0 aromatic heterocycles. The summed E-state index contributed by atoms with van der Waals surface area (Å²) in [5.41, 5.74) is 1.41. The number of rotatable bonds is 5. The van der Waals surface area contributed by atoms with Crippen molar-refractivity contribution in [2.75, 3.05) is 51.3 Å². The lowest BCUT2D eigenvalue weighted by Gasteiger charge is -2.42. The summed E-state index contributed by atoms with van der Waals surface area (Å²) < 4.78 is 6.71.